The van der Waals surface area contributed by atoms with Crippen LogP contribution in [0.2, 0.25) is 0 Å². The molecular weight excluding hydrogens is 388 g/mol. The van der Waals surface area contributed by atoms with E-state index < -0.39 is 0 Å². The van der Waals surface area contributed by atoms with Crippen LogP contribution in [0.5, 0.6) is 0 Å². The second kappa shape index (κ2) is 10.1. The molecule has 164 valence electrons. The Bertz CT molecular complexity index is 866. The summed E-state index contributed by atoms with van der Waals surface area (Å²) in [5, 5.41) is 12.6. The first-order chi connectivity index (χ1) is 15.1. The Kier molecular flexibility index (Phi) is 7.03. The highest BCUT2D eigenvalue weighted by Crippen LogP contribution is 2.34. The highest BCUT2D eigenvalue weighted by atomic mass is 16.3. The molecule has 1 fully saturated rings. The standard InChI is InChI=1S/C26H32N2O3/c29-18-24(14-19-6-2-1-3-7-19)27-25(30)15-20-10-12-21(13-11-20)26(31)28-16-22-8-4-5-9-23(22)17-28/h1-9,20-21,24,29H,10-18H2,(H,27,30). The van der Waals surface area contributed by atoms with Crippen LogP contribution >= 0.6 is 0 Å². The van der Waals surface area contributed by atoms with Gasteiger partial charge in [0.25, 0.3) is 0 Å². The molecule has 1 aliphatic carbocycles. The molecule has 0 radical (unpaired) electrons. The molecule has 5 nitrogen and oxygen atoms in total. The van der Waals surface area contributed by atoms with Crippen molar-refractivity contribution in [2.24, 2.45) is 11.8 Å². The second-order valence-corrected chi connectivity index (χ2v) is 9.02. The topological polar surface area (TPSA) is 69.6 Å². The van der Waals surface area contributed by atoms with Gasteiger partial charge < -0.3 is 15.3 Å². The maximum absolute atomic E-state index is 13.0. The molecule has 2 aromatic carbocycles. The van der Waals surface area contributed by atoms with Gasteiger partial charge in [0.2, 0.25) is 11.8 Å². The quantitative estimate of drug-likeness (QED) is 0.721. The molecule has 2 N–H and O–H groups in total. The Morgan fingerprint density at radius 3 is 2.16 bits per heavy atom. The summed E-state index contributed by atoms with van der Waals surface area (Å²) in [4.78, 5) is 27.5. The Morgan fingerprint density at radius 2 is 1.55 bits per heavy atom. The summed E-state index contributed by atoms with van der Waals surface area (Å²) in [7, 11) is 0. The zero-order chi connectivity index (χ0) is 21.6. The van der Waals surface area contributed by atoms with E-state index in [1.54, 1.807) is 0 Å². The van der Waals surface area contributed by atoms with E-state index in [1.807, 2.05) is 47.4 Å². The first-order valence-electron chi connectivity index (χ1n) is 11.4. The minimum Gasteiger partial charge on any atom is -0.394 e. The van der Waals surface area contributed by atoms with Crippen LogP contribution in [0.25, 0.3) is 0 Å². The number of hydrogen-bond acceptors (Lipinski definition) is 3. The maximum atomic E-state index is 13.0. The molecule has 0 spiro atoms. The van der Waals surface area contributed by atoms with Crippen LogP contribution in [0.15, 0.2) is 54.6 Å². The van der Waals surface area contributed by atoms with Gasteiger partial charge in [-0.15, -0.1) is 0 Å². The molecule has 2 aliphatic rings. The van der Waals surface area contributed by atoms with E-state index in [4.69, 9.17) is 0 Å². The van der Waals surface area contributed by atoms with Crippen molar-refractivity contribution in [3.63, 3.8) is 0 Å². The number of carbonyl (C=O) groups excluding carboxylic acids is 2. The lowest BCUT2D eigenvalue weighted by atomic mass is 9.79. The largest absolute Gasteiger partial charge is 0.394 e. The highest BCUT2D eigenvalue weighted by Gasteiger charge is 2.32. The Morgan fingerprint density at radius 1 is 0.935 bits per heavy atom. The number of amides is 2. The fourth-order valence-corrected chi connectivity index (χ4v) is 4.97. The summed E-state index contributed by atoms with van der Waals surface area (Å²) < 4.78 is 0. The predicted octanol–water partition coefficient (Wildman–Crippen LogP) is 3.45. The normalized spacial score (nSPS) is 21.4. The van der Waals surface area contributed by atoms with Crippen molar-refractivity contribution in [2.45, 2.75) is 57.7 Å². The second-order valence-electron chi connectivity index (χ2n) is 9.02. The van der Waals surface area contributed by atoms with Crippen molar-refractivity contribution in [3.8, 4) is 0 Å². The van der Waals surface area contributed by atoms with E-state index >= 15 is 0 Å². The number of rotatable bonds is 7. The van der Waals surface area contributed by atoms with Gasteiger partial charge in [0.1, 0.15) is 0 Å². The molecule has 0 saturated heterocycles. The monoisotopic (exact) mass is 420 g/mol. The van der Waals surface area contributed by atoms with Crippen molar-refractivity contribution >= 4 is 11.8 Å². The lowest BCUT2D eigenvalue weighted by molar-refractivity contribution is -0.137. The fourth-order valence-electron chi connectivity index (χ4n) is 4.97. The van der Waals surface area contributed by atoms with Gasteiger partial charge in [-0.3, -0.25) is 9.59 Å². The van der Waals surface area contributed by atoms with Gasteiger partial charge in [-0.05, 0) is 54.7 Å². The van der Waals surface area contributed by atoms with Crippen LogP contribution in [0, 0.1) is 11.8 Å². The summed E-state index contributed by atoms with van der Waals surface area (Å²) in [5.74, 6) is 0.662. The first kappa shape index (κ1) is 21.6. The fraction of sp³-hybridized carbons (Fsp3) is 0.462. The SMILES string of the molecule is O=C(CC1CCC(C(=O)N2Cc3ccccc3C2)CC1)NC(CO)Cc1ccccc1. The van der Waals surface area contributed by atoms with Crippen LogP contribution in [-0.2, 0) is 29.1 Å². The summed E-state index contributed by atoms with van der Waals surface area (Å²) in [5.41, 5.74) is 3.62. The molecule has 4 rings (SSSR count). The molecule has 5 heteroatoms. The lowest BCUT2D eigenvalue weighted by Gasteiger charge is -2.30. The van der Waals surface area contributed by atoms with Gasteiger partial charge in [0, 0.05) is 25.4 Å². The van der Waals surface area contributed by atoms with Crippen LogP contribution in [0.4, 0.5) is 0 Å². The molecule has 1 heterocycles. The Hall–Kier alpha value is -2.66. The van der Waals surface area contributed by atoms with Crippen molar-refractivity contribution in [3.05, 3.63) is 71.3 Å². The Balaban J connectivity index is 1.21. The molecule has 1 unspecified atom stereocenters. The number of benzene rings is 2. The van der Waals surface area contributed by atoms with Gasteiger partial charge in [0.15, 0.2) is 0 Å². The molecule has 31 heavy (non-hydrogen) atoms. The van der Waals surface area contributed by atoms with Crippen LogP contribution in [0.1, 0.15) is 48.8 Å². The molecule has 1 saturated carbocycles. The number of fused-ring (bicyclic) bond motifs is 1. The third-order valence-corrected chi connectivity index (χ3v) is 6.73. The van der Waals surface area contributed by atoms with Gasteiger partial charge in [0.05, 0.1) is 12.6 Å². The summed E-state index contributed by atoms with van der Waals surface area (Å²) in [6.45, 7) is 1.38. The first-order valence-corrected chi connectivity index (χ1v) is 11.4. The molecule has 2 aromatic rings. The van der Waals surface area contributed by atoms with Gasteiger partial charge in [-0.2, -0.15) is 0 Å². The number of nitrogens with one attached hydrogen (secondary N) is 1. The smallest absolute Gasteiger partial charge is 0.226 e. The Labute approximate surface area is 184 Å². The minimum absolute atomic E-state index is 0.000231. The number of aliphatic hydroxyl groups is 1. The summed E-state index contributed by atoms with van der Waals surface area (Å²) in [6, 6.07) is 17.9. The van der Waals surface area contributed by atoms with Crippen molar-refractivity contribution in [1.29, 1.82) is 0 Å². The lowest BCUT2D eigenvalue weighted by Crippen LogP contribution is -2.40. The number of nitrogens with zero attached hydrogens (tertiary/aromatic N) is 1. The third-order valence-electron chi connectivity index (χ3n) is 6.73. The average molecular weight is 421 g/mol. The molecule has 1 atom stereocenters. The minimum atomic E-state index is -0.260. The van der Waals surface area contributed by atoms with Crippen LogP contribution in [0.3, 0.4) is 0 Å². The van der Waals surface area contributed by atoms with E-state index in [1.165, 1.54) is 11.1 Å². The van der Waals surface area contributed by atoms with Crippen LogP contribution < -0.4 is 5.32 Å². The summed E-state index contributed by atoms with van der Waals surface area (Å²) >= 11 is 0. The van der Waals surface area contributed by atoms with Crippen LogP contribution in [-0.4, -0.2) is 34.5 Å². The van der Waals surface area contributed by atoms with E-state index in [0.717, 1.165) is 44.3 Å². The van der Waals surface area contributed by atoms with Gasteiger partial charge >= 0.3 is 0 Å². The van der Waals surface area contributed by atoms with E-state index in [0.29, 0.717) is 18.8 Å². The van der Waals surface area contributed by atoms with Crippen molar-refractivity contribution in [2.75, 3.05) is 6.61 Å². The van der Waals surface area contributed by atoms with E-state index in [9.17, 15) is 14.7 Å². The van der Waals surface area contributed by atoms with E-state index in [-0.39, 0.29) is 30.4 Å². The average Bonchev–Trinajstić information content (AvgIpc) is 3.23. The summed E-state index contributed by atoms with van der Waals surface area (Å²) in [6.07, 6.45) is 4.64. The maximum Gasteiger partial charge on any atom is 0.226 e. The number of aliphatic hydroxyl groups excluding tert-OH is 1. The number of hydrogen-bond donors (Lipinski definition) is 2. The number of carbonyl (C=O) groups is 2. The van der Waals surface area contributed by atoms with Gasteiger partial charge in [-0.1, -0.05) is 54.6 Å². The molecule has 1 aliphatic heterocycles. The predicted molar refractivity (Wildman–Crippen MR) is 120 cm³/mol. The zero-order valence-corrected chi connectivity index (χ0v) is 18.0. The zero-order valence-electron chi connectivity index (χ0n) is 18.0. The highest BCUT2D eigenvalue weighted by molar-refractivity contribution is 5.80. The molecule has 2 amide bonds. The van der Waals surface area contributed by atoms with Crippen molar-refractivity contribution < 1.29 is 14.7 Å². The molecule has 0 aromatic heterocycles. The third kappa shape index (κ3) is 5.53. The van der Waals surface area contributed by atoms with E-state index in [2.05, 4.69) is 17.4 Å². The molecular formula is C26H32N2O3. The molecule has 0 bridgehead atoms. The van der Waals surface area contributed by atoms with Gasteiger partial charge in [-0.25, -0.2) is 0 Å². The van der Waals surface area contributed by atoms with Crippen molar-refractivity contribution in [1.82, 2.24) is 10.2 Å².